The van der Waals surface area contributed by atoms with Crippen LogP contribution in [0.5, 0.6) is 0 Å². The molecule has 2 aliphatic rings. The summed E-state index contributed by atoms with van der Waals surface area (Å²) in [5, 5.41) is 3.25. The van der Waals surface area contributed by atoms with Crippen LogP contribution >= 0.6 is 0 Å². The zero-order valence-electron chi connectivity index (χ0n) is 10.6. The lowest BCUT2D eigenvalue weighted by Gasteiger charge is -2.29. The monoisotopic (exact) mass is 271 g/mol. The summed E-state index contributed by atoms with van der Waals surface area (Å²) in [7, 11) is 0. The van der Waals surface area contributed by atoms with E-state index in [4.69, 9.17) is 0 Å². The summed E-state index contributed by atoms with van der Waals surface area (Å²) < 4.78 is 37.5. The Morgan fingerprint density at radius 1 is 1.21 bits per heavy atom. The number of hydrogen-bond acceptors (Lipinski definition) is 3. The van der Waals surface area contributed by atoms with Gasteiger partial charge in [0.2, 0.25) is 0 Å². The molecular formula is C13H16F3N3. The van der Waals surface area contributed by atoms with Crippen LogP contribution in [-0.2, 0) is 19.4 Å². The van der Waals surface area contributed by atoms with Gasteiger partial charge < -0.3 is 5.32 Å². The summed E-state index contributed by atoms with van der Waals surface area (Å²) in [5.74, 6) is 0.277. The molecule has 3 nitrogen and oxygen atoms in total. The molecule has 6 heteroatoms. The summed E-state index contributed by atoms with van der Waals surface area (Å²) in [5.41, 5.74) is 2.72. The van der Waals surface area contributed by atoms with Gasteiger partial charge in [0.15, 0.2) is 0 Å². The second kappa shape index (κ2) is 4.74. The molecular weight excluding hydrogens is 255 g/mol. The Morgan fingerprint density at radius 2 is 2.00 bits per heavy atom. The number of nitrogens with zero attached hydrogens (tertiary/aromatic N) is 2. The van der Waals surface area contributed by atoms with Crippen molar-refractivity contribution >= 4 is 0 Å². The van der Waals surface area contributed by atoms with Gasteiger partial charge in [0, 0.05) is 31.0 Å². The summed E-state index contributed by atoms with van der Waals surface area (Å²) in [6.45, 7) is 1.47. The summed E-state index contributed by atoms with van der Waals surface area (Å²) >= 11 is 0. The molecule has 0 saturated heterocycles. The average Bonchev–Trinajstić information content (AvgIpc) is 2.24. The van der Waals surface area contributed by atoms with Crippen LogP contribution in [0, 0.1) is 0 Å². The van der Waals surface area contributed by atoms with Crippen LogP contribution < -0.4 is 5.32 Å². The van der Waals surface area contributed by atoms with Crippen molar-refractivity contribution in [1.29, 1.82) is 0 Å². The fourth-order valence-corrected chi connectivity index (χ4v) is 2.70. The minimum absolute atomic E-state index is 0.0601. The highest BCUT2D eigenvalue weighted by molar-refractivity contribution is 5.32. The second-order valence-corrected chi connectivity index (χ2v) is 5.30. The highest BCUT2D eigenvalue weighted by Crippen LogP contribution is 2.38. The van der Waals surface area contributed by atoms with Crippen LogP contribution in [0.3, 0.4) is 0 Å². The van der Waals surface area contributed by atoms with E-state index in [9.17, 15) is 13.2 Å². The first-order valence-electron chi connectivity index (χ1n) is 6.69. The molecule has 1 N–H and O–H groups in total. The first-order chi connectivity index (χ1) is 9.03. The number of nitrogens with one attached hydrogen (secondary N) is 1. The predicted octanol–water partition coefficient (Wildman–Crippen LogP) is 2.49. The number of aromatic nitrogens is 2. The van der Waals surface area contributed by atoms with E-state index in [1.165, 1.54) is 0 Å². The van der Waals surface area contributed by atoms with Gasteiger partial charge in [-0.2, -0.15) is 13.2 Å². The Labute approximate surface area is 109 Å². The van der Waals surface area contributed by atoms with Crippen molar-refractivity contribution in [3.8, 4) is 0 Å². The number of fused-ring (bicyclic) bond motifs is 1. The van der Waals surface area contributed by atoms with E-state index in [0.29, 0.717) is 18.9 Å². The van der Waals surface area contributed by atoms with Crippen molar-refractivity contribution in [3.63, 3.8) is 0 Å². The van der Waals surface area contributed by atoms with Crippen LogP contribution in [0.25, 0.3) is 0 Å². The molecule has 1 fully saturated rings. The minimum atomic E-state index is -4.24. The fourth-order valence-electron chi connectivity index (χ4n) is 2.70. The number of rotatable bonds is 2. The largest absolute Gasteiger partial charge is 0.396 e. The molecule has 0 amide bonds. The van der Waals surface area contributed by atoms with Crippen LogP contribution in [-0.4, -0.2) is 22.7 Å². The van der Waals surface area contributed by atoms with Crippen molar-refractivity contribution < 1.29 is 13.2 Å². The van der Waals surface area contributed by atoms with Gasteiger partial charge >= 0.3 is 6.18 Å². The average molecular weight is 271 g/mol. The van der Waals surface area contributed by atoms with Crippen LogP contribution in [0.2, 0.25) is 0 Å². The fraction of sp³-hybridized carbons (Fsp3) is 0.692. The lowest BCUT2D eigenvalue weighted by atomic mass is 9.80. The van der Waals surface area contributed by atoms with E-state index in [0.717, 1.165) is 42.8 Å². The number of alkyl halides is 3. The van der Waals surface area contributed by atoms with Gasteiger partial charge in [-0.15, -0.1) is 0 Å². The Kier molecular flexibility index (Phi) is 3.20. The summed E-state index contributed by atoms with van der Waals surface area (Å²) in [6.07, 6.45) is -1.34. The molecule has 1 aliphatic heterocycles. The molecule has 2 heterocycles. The molecule has 0 unspecified atom stereocenters. The first-order valence-corrected chi connectivity index (χ1v) is 6.69. The van der Waals surface area contributed by atoms with Gasteiger partial charge in [0.05, 0.1) is 11.4 Å². The Morgan fingerprint density at radius 3 is 2.63 bits per heavy atom. The van der Waals surface area contributed by atoms with Gasteiger partial charge in [0.1, 0.15) is 12.2 Å². The number of halogens is 3. The third kappa shape index (κ3) is 2.73. The van der Waals surface area contributed by atoms with Crippen molar-refractivity contribution in [2.75, 3.05) is 6.54 Å². The maximum atomic E-state index is 12.5. The number of hydrogen-bond donors (Lipinski definition) is 1. The van der Waals surface area contributed by atoms with Crippen molar-refractivity contribution in [1.82, 2.24) is 15.3 Å². The van der Waals surface area contributed by atoms with E-state index in [1.807, 2.05) is 0 Å². The zero-order chi connectivity index (χ0) is 13.5. The van der Waals surface area contributed by atoms with E-state index >= 15 is 0 Å². The van der Waals surface area contributed by atoms with Gasteiger partial charge in [-0.25, -0.2) is 9.97 Å². The van der Waals surface area contributed by atoms with E-state index in [1.54, 1.807) is 0 Å². The third-order valence-corrected chi connectivity index (χ3v) is 3.86. The molecule has 0 aromatic carbocycles. The van der Waals surface area contributed by atoms with Gasteiger partial charge in [-0.1, -0.05) is 6.42 Å². The third-order valence-electron chi connectivity index (χ3n) is 3.86. The molecule has 0 radical (unpaired) electrons. The maximum absolute atomic E-state index is 12.5. The van der Waals surface area contributed by atoms with Crippen molar-refractivity contribution in [2.45, 2.75) is 50.7 Å². The highest BCUT2D eigenvalue weighted by Gasteiger charge is 2.32. The molecule has 19 heavy (non-hydrogen) atoms. The summed E-state index contributed by atoms with van der Waals surface area (Å²) in [4.78, 5) is 8.35. The lowest BCUT2D eigenvalue weighted by molar-refractivity contribution is -0.128. The maximum Gasteiger partial charge on any atom is 0.396 e. The topological polar surface area (TPSA) is 37.8 Å². The quantitative estimate of drug-likeness (QED) is 0.898. The smallest absolute Gasteiger partial charge is 0.312 e. The van der Waals surface area contributed by atoms with Crippen molar-refractivity contribution in [3.05, 3.63) is 22.8 Å². The Bertz CT molecular complexity index is 481. The van der Waals surface area contributed by atoms with Gasteiger partial charge in [-0.05, 0) is 12.8 Å². The lowest BCUT2D eigenvalue weighted by Crippen LogP contribution is -2.29. The van der Waals surface area contributed by atoms with Crippen LogP contribution in [0.4, 0.5) is 13.2 Å². The molecule has 1 saturated carbocycles. The molecule has 0 bridgehead atoms. The van der Waals surface area contributed by atoms with Crippen molar-refractivity contribution in [2.24, 2.45) is 0 Å². The minimum Gasteiger partial charge on any atom is -0.312 e. The molecule has 104 valence electrons. The predicted molar refractivity (Wildman–Crippen MR) is 63.8 cm³/mol. The Hall–Kier alpha value is -1.17. The molecule has 0 spiro atoms. The molecule has 3 rings (SSSR count). The SMILES string of the molecule is FC(F)(F)Cc1nc2c(c(C3CCC3)n1)CNCC2. The van der Waals surface area contributed by atoms with E-state index < -0.39 is 12.6 Å². The first kappa shape index (κ1) is 12.8. The second-order valence-electron chi connectivity index (χ2n) is 5.30. The van der Waals surface area contributed by atoms with E-state index in [-0.39, 0.29) is 5.82 Å². The molecule has 1 aromatic heterocycles. The van der Waals surface area contributed by atoms with Gasteiger partial charge in [0.25, 0.3) is 0 Å². The van der Waals surface area contributed by atoms with Crippen LogP contribution in [0.15, 0.2) is 0 Å². The normalized spacial score (nSPS) is 19.9. The standard InChI is InChI=1S/C13H16F3N3/c14-13(15,16)6-11-18-10-4-5-17-7-9(10)12(19-11)8-2-1-3-8/h8,17H,1-7H2. The Balaban J connectivity index is 1.97. The van der Waals surface area contributed by atoms with E-state index in [2.05, 4.69) is 15.3 Å². The zero-order valence-corrected chi connectivity index (χ0v) is 10.6. The molecule has 1 aromatic rings. The molecule has 1 aliphatic carbocycles. The molecule has 0 atom stereocenters. The highest BCUT2D eigenvalue weighted by atomic mass is 19.4. The van der Waals surface area contributed by atoms with Crippen LogP contribution in [0.1, 0.15) is 48.0 Å². The van der Waals surface area contributed by atoms with Gasteiger partial charge in [-0.3, -0.25) is 0 Å². The summed E-state index contributed by atoms with van der Waals surface area (Å²) in [6, 6.07) is 0.